The molecule has 0 aliphatic heterocycles. The first-order valence-electron chi connectivity index (χ1n) is 5.56. The van der Waals surface area contributed by atoms with Gasteiger partial charge in [0.05, 0.1) is 10.3 Å². The van der Waals surface area contributed by atoms with Gasteiger partial charge in [0.2, 0.25) is 5.91 Å². The topological polar surface area (TPSA) is 55.1 Å². The summed E-state index contributed by atoms with van der Waals surface area (Å²) in [6.07, 6.45) is 0. The molecule has 3 N–H and O–H groups in total. The van der Waals surface area contributed by atoms with Crippen LogP contribution in [0.25, 0.3) is 0 Å². The van der Waals surface area contributed by atoms with Gasteiger partial charge >= 0.3 is 0 Å². The number of carbonyl (C=O) groups excluding carboxylic acids is 1. The summed E-state index contributed by atoms with van der Waals surface area (Å²) in [5.74, 6) is -0.0611. The van der Waals surface area contributed by atoms with Crippen molar-refractivity contribution in [2.24, 2.45) is 5.73 Å². The molecule has 3 nitrogen and oxygen atoms in total. The molecule has 1 aromatic rings. The Balaban J connectivity index is 0.00000324. The molecule has 0 aromatic heterocycles. The number of benzene rings is 1. The zero-order valence-corrected chi connectivity index (χ0v) is 13.8. The SMILES string of the molecule is CC(Sc1cc(Cl)ccc1Cl)C(=O)N[C@@H](C)CN.Cl. The van der Waals surface area contributed by atoms with Crippen molar-refractivity contribution in [2.45, 2.75) is 30.0 Å². The highest BCUT2D eigenvalue weighted by atomic mass is 35.5. The van der Waals surface area contributed by atoms with Crippen molar-refractivity contribution in [3.8, 4) is 0 Å². The lowest BCUT2D eigenvalue weighted by Gasteiger charge is -2.16. The van der Waals surface area contributed by atoms with E-state index in [-0.39, 0.29) is 29.6 Å². The predicted molar refractivity (Wildman–Crippen MR) is 85.7 cm³/mol. The summed E-state index contributed by atoms with van der Waals surface area (Å²) >= 11 is 13.3. The molecule has 108 valence electrons. The molecule has 0 radical (unpaired) electrons. The van der Waals surface area contributed by atoms with Crippen molar-refractivity contribution in [3.63, 3.8) is 0 Å². The van der Waals surface area contributed by atoms with Gasteiger partial charge in [0, 0.05) is 22.5 Å². The number of thioether (sulfide) groups is 1. The third-order valence-electron chi connectivity index (χ3n) is 2.31. The fraction of sp³-hybridized carbons (Fsp3) is 0.417. The maximum atomic E-state index is 11.8. The van der Waals surface area contributed by atoms with Crippen molar-refractivity contribution in [2.75, 3.05) is 6.54 Å². The second-order valence-corrected chi connectivity index (χ2v) is 6.21. The van der Waals surface area contributed by atoms with Crippen LogP contribution in [0.15, 0.2) is 23.1 Å². The molecular weight excluding hydrogens is 327 g/mol. The van der Waals surface area contributed by atoms with E-state index in [1.165, 1.54) is 11.8 Å². The first kappa shape index (κ1) is 18.9. The second-order valence-electron chi connectivity index (χ2n) is 3.98. The molecule has 19 heavy (non-hydrogen) atoms. The Morgan fingerprint density at radius 2 is 2.05 bits per heavy atom. The third kappa shape index (κ3) is 6.23. The molecule has 1 aromatic carbocycles. The summed E-state index contributed by atoms with van der Waals surface area (Å²) in [5.41, 5.74) is 5.46. The van der Waals surface area contributed by atoms with E-state index in [1.54, 1.807) is 18.2 Å². The van der Waals surface area contributed by atoms with Gasteiger partial charge in [0.25, 0.3) is 0 Å². The smallest absolute Gasteiger partial charge is 0.233 e. The first-order chi connectivity index (χ1) is 8.43. The van der Waals surface area contributed by atoms with Gasteiger partial charge in [-0.3, -0.25) is 4.79 Å². The van der Waals surface area contributed by atoms with Gasteiger partial charge in [0.15, 0.2) is 0 Å². The summed E-state index contributed by atoms with van der Waals surface area (Å²) < 4.78 is 0. The molecule has 1 amide bonds. The lowest BCUT2D eigenvalue weighted by Crippen LogP contribution is -2.41. The van der Waals surface area contributed by atoms with Crippen LogP contribution in [0.3, 0.4) is 0 Å². The van der Waals surface area contributed by atoms with Gasteiger partial charge < -0.3 is 11.1 Å². The maximum Gasteiger partial charge on any atom is 0.233 e. The van der Waals surface area contributed by atoms with Crippen LogP contribution < -0.4 is 11.1 Å². The van der Waals surface area contributed by atoms with E-state index in [0.29, 0.717) is 16.6 Å². The summed E-state index contributed by atoms with van der Waals surface area (Å²) in [5, 5.41) is 3.76. The summed E-state index contributed by atoms with van der Waals surface area (Å²) in [7, 11) is 0. The number of hydrogen-bond donors (Lipinski definition) is 2. The number of hydrogen-bond acceptors (Lipinski definition) is 3. The van der Waals surface area contributed by atoms with Crippen LogP contribution in [-0.4, -0.2) is 23.7 Å². The second kappa shape index (κ2) is 8.93. The number of amides is 1. The molecule has 0 saturated carbocycles. The van der Waals surface area contributed by atoms with Crippen LogP contribution in [-0.2, 0) is 4.79 Å². The Bertz CT molecular complexity index is 431. The van der Waals surface area contributed by atoms with Gasteiger partial charge in [0.1, 0.15) is 0 Å². The monoisotopic (exact) mass is 342 g/mol. The highest BCUT2D eigenvalue weighted by Gasteiger charge is 2.17. The average Bonchev–Trinajstić information content (AvgIpc) is 2.33. The van der Waals surface area contributed by atoms with E-state index in [9.17, 15) is 4.79 Å². The highest BCUT2D eigenvalue weighted by Crippen LogP contribution is 2.32. The molecule has 2 atom stereocenters. The molecule has 0 bridgehead atoms. The molecule has 0 aliphatic carbocycles. The van der Waals surface area contributed by atoms with Gasteiger partial charge in [-0.2, -0.15) is 0 Å². The maximum absolute atomic E-state index is 11.8. The summed E-state index contributed by atoms with van der Waals surface area (Å²) in [4.78, 5) is 12.6. The molecule has 7 heteroatoms. The standard InChI is InChI=1S/C12H16Cl2N2OS.ClH/c1-7(6-15)16-12(17)8(2)18-11-5-9(13)3-4-10(11)14;/h3-5,7-8H,6,15H2,1-2H3,(H,16,17);1H/t7-,8?;/m0./s1. The zero-order valence-electron chi connectivity index (χ0n) is 10.7. The number of halogens is 3. The fourth-order valence-electron chi connectivity index (χ4n) is 1.23. The van der Waals surface area contributed by atoms with E-state index < -0.39 is 0 Å². The van der Waals surface area contributed by atoms with E-state index in [2.05, 4.69) is 5.32 Å². The van der Waals surface area contributed by atoms with Gasteiger partial charge in [-0.1, -0.05) is 23.2 Å². The highest BCUT2D eigenvalue weighted by molar-refractivity contribution is 8.00. The number of nitrogens with one attached hydrogen (secondary N) is 1. The Morgan fingerprint density at radius 3 is 2.63 bits per heavy atom. The fourth-order valence-corrected chi connectivity index (χ4v) is 2.65. The summed E-state index contributed by atoms with van der Waals surface area (Å²) in [6, 6.07) is 5.16. The van der Waals surface area contributed by atoms with Crippen LogP contribution in [0.2, 0.25) is 10.0 Å². The lowest BCUT2D eigenvalue weighted by molar-refractivity contribution is -0.120. The minimum absolute atomic E-state index is 0. The van der Waals surface area contributed by atoms with Crippen molar-refractivity contribution in [1.29, 1.82) is 0 Å². The van der Waals surface area contributed by atoms with Crippen molar-refractivity contribution >= 4 is 53.3 Å². The van der Waals surface area contributed by atoms with Crippen LogP contribution in [0.4, 0.5) is 0 Å². The van der Waals surface area contributed by atoms with E-state index in [1.807, 2.05) is 13.8 Å². The van der Waals surface area contributed by atoms with E-state index in [4.69, 9.17) is 28.9 Å². The Morgan fingerprint density at radius 1 is 1.42 bits per heavy atom. The van der Waals surface area contributed by atoms with Gasteiger partial charge in [-0.15, -0.1) is 24.2 Å². The molecule has 0 spiro atoms. The first-order valence-corrected chi connectivity index (χ1v) is 7.19. The molecular formula is C12H17Cl3N2OS. The van der Waals surface area contributed by atoms with Crippen LogP contribution in [0, 0.1) is 0 Å². The van der Waals surface area contributed by atoms with Crippen LogP contribution in [0.5, 0.6) is 0 Å². The quantitative estimate of drug-likeness (QED) is 0.806. The van der Waals surface area contributed by atoms with Crippen molar-refractivity contribution in [3.05, 3.63) is 28.2 Å². The molecule has 1 rings (SSSR count). The number of rotatable bonds is 5. The predicted octanol–water partition coefficient (Wildman–Crippen LogP) is 3.36. The lowest BCUT2D eigenvalue weighted by atomic mass is 10.3. The Hall–Kier alpha value is -0.130. The number of carbonyl (C=O) groups is 1. The average molecular weight is 344 g/mol. The van der Waals surface area contributed by atoms with Crippen molar-refractivity contribution < 1.29 is 4.79 Å². The Kier molecular flexibility index (Phi) is 8.86. The van der Waals surface area contributed by atoms with E-state index >= 15 is 0 Å². The summed E-state index contributed by atoms with van der Waals surface area (Å²) in [6.45, 7) is 4.10. The number of nitrogens with two attached hydrogens (primary N) is 1. The molecule has 1 unspecified atom stereocenters. The molecule has 0 aliphatic rings. The minimum atomic E-state index is -0.255. The van der Waals surface area contributed by atoms with Gasteiger partial charge in [-0.25, -0.2) is 0 Å². The van der Waals surface area contributed by atoms with E-state index in [0.717, 1.165) is 4.90 Å². The molecule has 0 fully saturated rings. The van der Waals surface area contributed by atoms with Gasteiger partial charge in [-0.05, 0) is 32.0 Å². The largest absolute Gasteiger partial charge is 0.351 e. The molecule has 0 saturated heterocycles. The minimum Gasteiger partial charge on any atom is -0.351 e. The van der Waals surface area contributed by atoms with Crippen LogP contribution >= 0.6 is 47.4 Å². The third-order valence-corrected chi connectivity index (χ3v) is 4.14. The normalized spacial score (nSPS) is 13.3. The van der Waals surface area contributed by atoms with Crippen molar-refractivity contribution in [1.82, 2.24) is 5.32 Å². The van der Waals surface area contributed by atoms with Crippen LogP contribution in [0.1, 0.15) is 13.8 Å². The Labute approximate surface area is 134 Å². The molecule has 0 heterocycles. The zero-order chi connectivity index (χ0) is 13.7.